The highest BCUT2D eigenvalue weighted by atomic mass is 16.5. The predicted molar refractivity (Wildman–Crippen MR) is 96.3 cm³/mol. The minimum Gasteiger partial charge on any atom is -0.496 e. The normalized spacial score (nSPS) is 10.0. The molecule has 1 N–H and O–H groups in total. The number of ether oxygens (including phenoxy) is 3. The molecule has 2 rings (SSSR count). The average Bonchev–Trinajstić information content (AvgIpc) is 2.66. The third kappa shape index (κ3) is 4.02. The van der Waals surface area contributed by atoms with Crippen LogP contribution in [0.15, 0.2) is 30.3 Å². The number of nitrogens with zero attached hydrogens (tertiary/aromatic N) is 2. The molecule has 0 radical (unpaired) electrons. The number of carbonyl (C=O) groups excluding carboxylic acids is 2. The Hall–Kier alpha value is -3.29. The van der Waals surface area contributed by atoms with E-state index in [0.717, 1.165) is 0 Å². The van der Waals surface area contributed by atoms with Crippen molar-refractivity contribution in [1.29, 1.82) is 0 Å². The summed E-state index contributed by atoms with van der Waals surface area (Å²) in [5.41, 5.74) is 1.03. The molecule has 26 heavy (non-hydrogen) atoms. The minimum absolute atomic E-state index is 0.139. The molecule has 1 aromatic heterocycles. The van der Waals surface area contributed by atoms with Gasteiger partial charge in [-0.3, -0.25) is 9.59 Å². The summed E-state index contributed by atoms with van der Waals surface area (Å²) in [5.74, 6) is 0.235. The van der Waals surface area contributed by atoms with Crippen molar-refractivity contribution in [2.45, 2.75) is 0 Å². The maximum absolute atomic E-state index is 12.6. The molecule has 0 spiro atoms. The van der Waals surface area contributed by atoms with E-state index in [9.17, 15) is 9.59 Å². The number of hydrogen-bond donors (Lipinski definition) is 1. The van der Waals surface area contributed by atoms with Crippen molar-refractivity contribution in [3.8, 4) is 17.5 Å². The summed E-state index contributed by atoms with van der Waals surface area (Å²) in [6.07, 6.45) is 0. The van der Waals surface area contributed by atoms with Crippen LogP contribution in [0, 0.1) is 0 Å². The smallest absolute Gasteiger partial charge is 0.261 e. The molecule has 0 aliphatic heterocycles. The molecule has 8 heteroatoms. The summed E-state index contributed by atoms with van der Waals surface area (Å²) in [7, 11) is 7.65. The third-order valence-corrected chi connectivity index (χ3v) is 3.58. The van der Waals surface area contributed by atoms with Crippen molar-refractivity contribution >= 4 is 17.5 Å². The second-order valence-corrected chi connectivity index (χ2v) is 5.48. The van der Waals surface area contributed by atoms with Gasteiger partial charge in [-0.2, -0.15) is 4.98 Å². The van der Waals surface area contributed by atoms with E-state index in [2.05, 4.69) is 10.3 Å². The number of nitrogens with one attached hydrogen (secondary N) is 1. The molecule has 138 valence electrons. The number of hydrogen-bond acceptors (Lipinski definition) is 6. The molecule has 0 unspecified atom stereocenters. The first kappa shape index (κ1) is 19.0. The Labute approximate surface area is 151 Å². The maximum atomic E-state index is 12.6. The second kappa shape index (κ2) is 8.19. The van der Waals surface area contributed by atoms with E-state index in [4.69, 9.17) is 14.2 Å². The molecular formula is C18H21N3O5. The molecule has 0 fully saturated rings. The third-order valence-electron chi connectivity index (χ3n) is 3.58. The van der Waals surface area contributed by atoms with Gasteiger partial charge in [0.1, 0.15) is 11.3 Å². The van der Waals surface area contributed by atoms with Crippen LogP contribution in [0.1, 0.15) is 20.7 Å². The van der Waals surface area contributed by atoms with Gasteiger partial charge in [-0.1, -0.05) is 0 Å². The van der Waals surface area contributed by atoms with Crippen LogP contribution < -0.4 is 19.5 Å². The number of benzene rings is 1. The Morgan fingerprint density at radius 3 is 2.27 bits per heavy atom. The highest BCUT2D eigenvalue weighted by Gasteiger charge is 2.18. The highest BCUT2D eigenvalue weighted by molar-refractivity contribution is 6.07. The Kier molecular flexibility index (Phi) is 6.00. The molecule has 1 aromatic carbocycles. The van der Waals surface area contributed by atoms with Crippen molar-refractivity contribution < 1.29 is 23.8 Å². The van der Waals surface area contributed by atoms with Crippen LogP contribution in [-0.2, 0) is 0 Å². The zero-order chi connectivity index (χ0) is 19.3. The van der Waals surface area contributed by atoms with Crippen molar-refractivity contribution in [2.75, 3.05) is 40.7 Å². The van der Waals surface area contributed by atoms with Crippen molar-refractivity contribution in [1.82, 2.24) is 9.88 Å². The average molecular weight is 359 g/mol. The van der Waals surface area contributed by atoms with Gasteiger partial charge in [-0.05, 0) is 24.3 Å². The SMILES string of the molecule is COc1ccc(C(=O)Nc2ccc(OC)c(C(=O)N(C)C)c2)c(OC)n1. The summed E-state index contributed by atoms with van der Waals surface area (Å²) >= 11 is 0. The molecule has 0 aliphatic rings. The number of amides is 2. The summed E-state index contributed by atoms with van der Waals surface area (Å²) in [5, 5.41) is 2.73. The zero-order valence-electron chi connectivity index (χ0n) is 15.3. The molecule has 0 saturated carbocycles. The lowest BCUT2D eigenvalue weighted by Crippen LogP contribution is -2.22. The summed E-state index contributed by atoms with van der Waals surface area (Å²) in [4.78, 5) is 30.4. The maximum Gasteiger partial charge on any atom is 0.261 e. The number of rotatable bonds is 6. The minimum atomic E-state index is -0.426. The fraction of sp³-hybridized carbons (Fsp3) is 0.278. The second-order valence-electron chi connectivity index (χ2n) is 5.48. The van der Waals surface area contributed by atoms with Crippen LogP contribution in [-0.4, -0.2) is 57.1 Å². The van der Waals surface area contributed by atoms with Crippen LogP contribution in [0.3, 0.4) is 0 Å². The van der Waals surface area contributed by atoms with E-state index in [1.165, 1.54) is 26.2 Å². The first-order chi connectivity index (χ1) is 12.4. The van der Waals surface area contributed by atoms with Gasteiger partial charge in [0, 0.05) is 25.8 Å². The Morgan fingerprint density at radius 1 is 0.962 bits per heavy atom. The zero-order valence-corrected chi connectivity index (χ0v) is 15.3. The van der Waals surface area contributed by atoms with E-state index in [-0.39, 0.29) is 17.4 Å². The molecule has 0 atom stereocenters. The Bertz CT molecular complexity index is 820. The van der Waals surface area contributed by atoms with Gasteiger partial charge >= 0.3 is 0 Å². The van der Waals surface area contributed by atoms with E-state index in [0.29, 0.717) is 22.9 Å². The van der Waals surface area contributed by atoms with Crippen LogP contribution in [0.25, 0.3) is 0 Å². The number of anilines is 1. The van der Waals surface area contributed by atoms with E-state index in [1.54, 1.807) is 44.4 Å². The fourth-order valence-corrected chi connectivity index (χ4v) is 2.26. The predicted octanol–water partition coefficient (Wildman–Crippen LogP) is 2.06. The summed E-state index contributed by atoms with van der Waals surface area (Å²) in [6.45, 7) is 0. The number of methoxy groups -OCH3 is 3. The topological polar surface area (TPSA) is 90.0 Å². The van der Waals surface area contributed by atoms with E-state index < -0.39 is 5.91 Å². The Balaban J connectivity index is 2.32. The lowest BCUT2D eigenvalue weighted by molar-refractivity contribution is 0.0824. The van der Waals surface area contributed by atoms with Crippen molar-refractivity contribution in [3.63, 3.8) is 0 Å². The fourth-order valence-electron chi connectivity index (χ4n) is 2.26. The quantitative estimate of drug-likeness (QED) is 0.849. The van der Waals surface area contributed by atoms with Crippen molar-refractivity contribution in [2.24, 2.45) is 0 Å². The molecule has 2 amide bonds. The van der Waals surface area contributed by atoms with Gasteiger partial charge in [-0.25, -0.2) is 0 Å². The standard InChI is InChI=1S/C18H21N3O5/c1-21(2)18(23)13-10-11(6-8-14(13)24-3)19-16(22)12-7-9-15(25-4)20-17(12)26-5/h6-10H,1-5H3,(H,19,22). The van der Waals surface area contributed by atoms with Gasteiger partial charge in [0.2, 0.25) is 11.8 Å². The van der Waals surface area contributed by atoms with Crippen LogP contribution in [0.5, 0.6) is 17.5 Å². The molecule has 8 nitrogen and oxygen atoms in total. The van der Waals surface area contributed by atoms with Gasteiger partial charge < -0.3 is 24.4 Å². The van der Waals surface area contributed by atoms with Gasteiger partial charge in [0.25, 0.3) is 11.8 Å². The molecule has 1 heterocycles. The summed E-state index contributed by atoms with van der Waals surface area (Å²) in [6, 6.07) is 7.94. The number of aromatic nitrogens is 1. The largest absolute Gasteiger partial charge is 0.496 e. The summed E-state index contributed by atoms with van der Waals surface area (Å²) < 4.78 is 15.4. The van der Waals surface area contributed by atoms with Crippen LogP contribution in [0.4, 0.5) is 5.69 Å². The highest BCUT2D eigenvalue weighted by Crippen LogP contribution is 2.25. The molecule has 2 aromatic rings. The van der Waals surface area contributed by atoms with Gasteiger partial charge in [0.15, 0.2) is 0 Å². The first-order valence-corrected chi connectivity index (χ1v) is 7.71. The lowest BCUT2D eigenvalue weighted by Gasteiger charge is -2.15. The monoisotopic (exact) mass is 359 g/mol. The molecule has 0 aliphatic carbocycles. The Morgan fingerprint density at radius 2 is 1.69 bits per heavy atom. The lowest BCUT2D eigenvalue weighted by atomic mass is 10.1. The molecule has 0 bridgehead atoms. The van der Waals surface area contributed by atoms with Crippen LogP contribution in [0.2, 0.25) is 0 Å². The molecule has 0 saturated heterocycles. The molecular weight excluding hydrogens is 338 g/mol. The van der Waals surface area contributed by atoms with Crippen molar-refractivity contribution in [3.05, 3.63) is 41.5 Å². The van der Waals surface area contributed by atoms with E-state index in [1.807, 2.05) is 0 Å². The number of carbonyl (C=O) groups is 2. The van der Waals surface area contributed by atoms with Gasteiger partial charge in [-0.15, -0.1) is 0 Å². The van der Waals surface area contributed by atoms with Crippen LogP contribution >= 0.6 is 0 Å². The number of pyridine rings is 1. The van der Waals surface area contributed by atoms with Gasteiger partial charge in [0.05, 0.1) is 26.9 Å². The van der Waals surface area contributed by atoms with E-state index >= 15 is 0 Å². The first-order valence-electron chi connectivity index (χ1n) is 7.71.